The molecule has 2 rings (SSSR count). The van der Waals surface area contributed by atoms with E-state index in [2.05, 4.69) is 29.5 Å². The summed E-state index contributed by atoms with van der Waals surface area (Å²) in [5.41, 5.74) is 1.77. The third-order valence-corrected chi connectivity index (χ3v) is 3.46. The average Bonchev–Trinajstić information content (AvgIpc) is 2.86. The van der Waals surface area contributed by atoms with E-state index in [1.165, 1.54) is 0 Å². The number of carbonyl (C=O) groups is 1. The molecule has 0 atom stereocenters. The van der Waals surface area contributed by atoms with Gasteiger partial charge in [-0.15, -0.1) is 11.3 Å². The van der Waals surface area contributed by atoms with Gasteiger partial charge in [-0.05, 0) is 18.1 Å². The van der Waals surface area contributed by atoms with E-state index >= 15 is 0 Å². The first-order chi connectivity index (χ1) is 8.66. The molecule has 2 aromatic rings. The van der Waals surface area contributed by atoms with Gasteiger partial charge in [-0.1, -0.05) is 32.0 Å². The van der Waals surface area contributed by atoms with Gasteiger partial charge in [-0.2, -0.15) is 0 Å². The number of hydrogen-bond donors (Lipinski definition) is 1. The van der Waals surface area contributed by atoms with Gasteiger partial charge >= 0.3 is 0 Å². The van der Waals surface area contributed by atoms with E-state index in [1.54, 1.807) is 23.5 Å². The first-order valence-electron chi connectivity index (χ1n) is 5.94. The molecule has 0 fully saturated rings. The van der Waals surface area contributed by atoms with E-state index in [1.807, 2.05) is 18.2 Å². The molecule has 94 valence electrons. The lowest BCUT2D eigenvalue weighted by molar-refractivity contribution is 0.0951. The van der Waals surface area contributed by atoms with Gasteiger partial charge in [0.1, 0.15) is 5.01 Å². The van der Waals surface area contributed by atoms with Crippen molar-refractivity contribution in [3.63, 3.8) is 0 Å². The van der Waals surface area contributed by atoms with Crippen LogP contribution in [0.25, 0.3) is 0 Å². The zero-order chi connectivity index (χ0) is 13.0. The van der Waals surface area contributed by atoms with Gasteiger partial charge in [-0.25, -0.2) is 4.98 Å². The van der Waals surface area contributed by atoms with Crippen molar-refractivity contribution in [3.05, 3.63) is 52.0 Å². The number of amides is 1. The van der Waals surface area contributed by atoms with Crippen LogP contribution in [0.2, 0.25) is 0 Å². The van der Waals surface area contributed by atoms with E-state index in [0.717, 1.165) is 10.7 Å². The molecule has 0 spiro atoms. The Hall–Kier alpha value is -1.68. The summed E-state index contributed by atoms with van der Waals surface area (Å²) >= 11 is 1.59. The van der Waals surface area contributed by atoms with Gasteiger partial charge < -0.3 is 5.32 Å². The summed E-state index contributed by atoms with van der Waals surface area (Å²) in [5.74, 6) is 0.372. The van der Waals surface area contributed by atoms with E-state index < -0.39 is 0 Å². The molecule has 0 aliphatic rings. The number of nitrogens with one attached hydrogen (secondary N) is 1. The molecule has 0 saturated carbocycles. The van der Waals surface area contributed by atoms with Crippen LogP contribution in [0.15, 0.2) is 35.7 Å². The minimum Gasteiger partial charge on any atom is -0.346 e. The van der Waals surface area contributed by atoms with Gasteiger partial charge in [0.15, 0.2) is 0 Å². The van der Waals surface area contributed by atoms with E-state index in [0.29, 0.717) is 18.0 Å². The monoisotopic (exact) mass is 260 g/mol. The van der Waals surface area contributed by atoms with E-state index in [-0.39, 0.29) is 5.91 Å². The number of carbonyl (C=O) groups excluding carboxylic acids is 1. The fourth-order valence-electron chi connectivity index (χ4n) is 1.52. The van der Waals surface area contributed by atoms with Gasteiger partial charge in [0.2, 0.25) is 0 Å². The van der Waals surface area contributed by atoms with Crippen molar-refractivity contribution in [3.8, 4) is 0 Å². The predicted molar refractivity (Wildman–Crippen MR) is 73.8 cm³/mol. The van der Waals surface area contributed by atoms with Crippen molar-refractivity contribution < 1.29 is 4.79 Å². The molecule has 1 amide bonds. The third-order valence-electron chi connectivity index (χ3n) is 2.60. The summed E-state index contributed by atoms with van der Waals surface area (Å²) in [7, 11) is 0. The molecule has 1 N–H and O–H groups in total. The largest absolute Gasteiger partial charge is 0.346 e. The highest BCUT2D eigenvalue weighted by atomic mass is 32.1. The maximum absolute atomic E-state index is 11.8. The van der Waals surface area contributed by atoms with Gasteiger partial charge in [0, 0.05) is 10.9 Å². The lowest BCUT2D eigenvalue weighted by atomic mass is 10.2. The zero-order valence-electron chi connectivity index (χ0n) is 10.5. The van der Waals surface area contributed by atoms with Crippen LogP contribution in [-0.2, 0) is 6.54 Å². The van der Waals surface area contributed by atoms with Crippen LogP contribution in [0.3, 0.4) is 0 Å². The van der Waals surface area contributed by atoms with Crippen molar-refractivity contribution in [1.29, 1.82) is 0 Å². The summed E-state index contributed by atoms with van der Waals surface area (Å²) in [6, 6.07) is 9.21. The Morgan fingerprint density at radius 1 is 1.33 bits per heavy atom. The van der Waals surface area contributed by atoms with E-state index in [9.17, 15) is 4.79 Å². The molecule has 0 saturated heterocycles. The standard InChI is InChI=1S/C14H16N2OS/c1-10(2)12-9-18-13(16-12)8-15-14(17)11-6-4-3-5-7-11/h3-7,9-10H,8H2,1-2H3,(H,15,17). The Morgan fingerprint density at radius 2 is 2.06 bits per heavy atom. The normalized spacial score (nSPS) is 10.6. The maximum atomic E-state index is 11.8. The fraction of sp³-hybridized carbons (Fsp3) is 0.286. The summed E-state index contributed by atoms with van der Waals surface area (Å²) in [5, 5.41) is 5.87. The summed E-state index contributed by atoms with van der Waals surface area (Å²) in [6.07, 6.45) is 0. The van der Waals surface area contributed by atoms with Gasteiger partial charge in [-0.3, -0.25) is 4.79 Å². The lowest BCUT2D eigenvalue weighted by Gasteiger charge is -2.02. The SMILES string of the molecule is CC(C)c1csc(CNC(=O)c2ccccc2)n1. The maximum Gasteiger partial charge on any atom is 0.251 e. The number of thiazole rings is 1. The van der Waals surface area contributed by atoms with Crippen molar-refractivity contribution in [2.75, 3.05) is 0 Å². The second-order valence-corrected chi connectivity index (χ2v) is 5.31. The first kappa shape index (κ1) is 12.8. The highest BCUT2D eigenvalue weighted by Crippen LogP contribution is 2.17. The third kappa shape index (κ3) is 3.17. The van der Waals surface area contributed by atoms with Crippen LogP contribution >= 0.6 is 11.3 Å². The Morgan fingerprint density at radius 3 is 2.67 bits per heavy atom. The predicted octanol–water partition coefficient (Wildman–Crippen LogP) is 3.20. The number of aromatic nitrogens is 1. The Labute approximate surface area is 111 Å². The molecule has 3 nitrogen and oxygen atoms in total. The first-order valence-corrected chi connectivity index (χ1v) is 6.82. The van der Waals surface area contributed by atoms with Crippen molar-refractivity contribution >= 4 is 17.2 Å². The van der Waals surface area contributed by atoms with Crippen molar-refractivity contribution in [2.24, 2.45) is 0 Å². The van der Waals surface area contributed by atoms with Crippen LogP contribution in [-0.4, -0.2) is 10.9 Å². The molecule has 0 radical (unpaired) electrons. The van der Waals surface area contributed by atoms with E-state index in [4.69, 9.17) is 0 Å². The van der Waals surface area contributed by atoms with Crippen LogP contribution in [0, 0.1) is 0 Å². The molecular formula is C14H16N2OS. The minimum atomic E-state index is -0.0584. The Balaban J connectivity index is 1.93. The number of hydrogen-bond acceptors (Lipinski definition) is 3. The average molecular weight is 260 g/mol. The molecule has 0 aliphatic heterocycles. The zero-order valence-corrected chi connectivity index (χ0v) is 11.3. The minimum absolute atomic E-state index is 0.0584. The molecule has 0 bridgehead atoms. The van der Waals surface area contributed by atoms with Gasteiger partial charge in [0.05, 0.1) is 12.2 Å². The molecule has 1 aromatic heterocycles. The topological polar surface area (TPSA) is 42.0 Å². The van der Waals surface area contributed by atoms with Crippen LogP contribution in [0.5, 0.6) is 0 Å². The smallest absolute Gasteiger partial charge is 0.251 e. The second kappa shape index (κ2) is 5.78. The van der Waals surface area contributed by atoms with Crippen molar-refractivity contribution in [2.45, 2.75) is 26.3 Å². The highest BCUT2D eigenvalue weighted by molar-refractivity contribution is 7.09. The molecule has 0 unspecified atom stereocenters. The summed E-state index contributed by atoms with van der Waals surface area (Å²) in [6.45, 7) is 4.72. The molecule has 1 aromatic carbocycles. The summed E-state index contributed by atoms with van der Waals surface area (Å²) in [4.78, 5) is 16.3. The molecular weight excluding hydrogens is 244 g/mol. The summed E-state index contributed by atoms with van der Waals surface area (Å²) < 4.78 is 0. The highest BCUT2D eigenvalue weighted by Gasteiger charge is 2.08. The lowest BCUT2D eigenvalue weighted by Crippen LogP contribution is -2.22. The fourth-order valence-corrected chi connectivity index (χ4v) is 2.41. The van der Waals surface area contributed by atoms with Crippen molar-refractivity contribution in [1.82, 2.24) is 10.3 Å². The second-order valence-electron chi connectivity index (χ2n) is 4.37. The molecule has 1 heterocycles. The van der Waals surface area contributed by atoms with Crippen LogP contribution in [0.1, 0.15) is 40.8 Å². The number of nitrogens with zero attached hydrogens (tertiary/aromatic N) is 1. The van der Waals surface area contributed by atoms with Crippen LogP contribution < -0.4 is 5.32 Å². The van der Waals surface area contributed by atoms with Crippen LogP contribution in [0.4, 0.5) is 0 Å². The molecule has 0 aliphatic carbocycles. The number of rotatable bonds is 4. The molecule has 18 heavy (non-hydrogen) atoms. The molecule has 4 heteroatoms. The Bertz CT molecular complexity index is 520. The Kier molecular flexibility index (Phi) is 4.10. The van der Waals surface area contributed by atoms with Gasteiger partial charge in [0.25, 0.3) is 5.91 Å². The number of benzene rings is 1. The quantitative estimate of drug-likeness (QED) is 0.917.